The van der Waals surface area contributed by atoms with E-state index in [2.05, 4.69) is 6.92 Å². The van der Waals surface area contributed by atoms with Crippen LogP contribution in [-0.4, -0.2) is 10.9 Å². The van der Waals surface area contributed by atoms with Crippen molar-refractivity contribution in [2.45, 2.75) is 45.4 Å². The molecule has 0 saturated heterocycles. The molecule has 0 aliphatic rings. The highest BCUT2D eigenvalue weighted by atomic mass is 35.5. The molecular weight excluding hydrogens is 255 g/mol. The Hall–Kier alpha value is -1.09. The van der Waals surface area contributed by atoms with Gasteiger partial charge in [-0.15, -0.1) is 0 Å². The average molecular weight is 273 g/mol. The second-order valence-corrected chi connectivity index (χ2v) is 4.78. The zero-order valence-electron chi connectivity index (χ0n) is 10.5. The first-order valence-electron chi connectivity index (χ1n) is 6.27. The molecule has 0 saturated carbocycles. The summed E-state index contributed by atoms with van der Waals surface area (Å²) in [6.45, 7) is 2.12. The fourth-order valence-corrected chi connectivity index (χ4v) is 2.01. The number of hydrogen-bond donors (Lipinski definition) is 1. The molecule has 1 rings (SSSR count). The number of hydrogen-bond acceptors (Lipinski definition) is 2. The molecule has 0 aliphatic carbocycles. The molecule has 0 spiro atoms. The number of aromatic hydroxyl groups is 1. The third kappa shape index (κ3) is 4.30. The summed E-state index contributed by atoms with van der Waals surface area (Å²) >= 11 is 5.62. The Kier molecular flexibility index (Phi) is 6.13. The minimum atomic E-state index is -0.605. The van der Waals surface area contributed by atoms with E-state index in [0.29, 0.717) is 6.42 Å². The van der Waals surface area contributed by atoms with Crippen LogP contribution in [0.2, 0.25) is 5.02 Å². The van der Waals surface area contributed by atoms with Crippen molar-refractivity contribution in [2.75, 3.05) is 0 Å². The summed E-state index contributed by atoms with van der Waals surface area (Å²) < 4.78 is 13.1. The second-order valence-electron chi connectivity index (χ2n) is 4.37. The Morgan fingerprint density at radius 1 is 1.28 bits per heavy atom. The van der Waals surface area contributed by atoms with E-state index in [1.54, 1.807) is 0 Å². The van der Waals surface area contributed by atoms with Crippen molar-refractivity contribution < 1.29 is 14.3 Å². The van der Waals surface area contributed by atoms with E-state index >= 15 is 0 Å². The molecule has 2 nitrogen and oxygen atoms in total. The van der Waals surface area contributed by atoms with E-state index in [9.17, 15) is 14.3 Å². The van der Waals surface area contributed by atoms with Gasteiger partial charge in [0.25, 0.3) is 0 Å². The molecule has 1 aromatic carbocycles. The molecule has 0 fully saturated rings. The van der Waals surface area contributed by atoms with Crippen LogP contribution in [0.3, 0.4) is 0 Å². The van der Waals surface area contributed by atoms with Crippen molar-refractivity contribution in [3.63, 3.8) is 0 Å². The van der Waals surface area contributed by atoms with Crippen LogP contribution in [0.15, 0.2) is 12.1 Å². The molecule has 1 N–H and O–H groups in total. The van der Waals surface area contributed by atoms with Gasteiger partial charge >= 0.3 is 0 Å². The fraction of sp³-hybridized carbons (Fsp3) is 0.500. The highest BCUT2D eigenvalue weighted by Gasteiger charge is 2.15. The van der Waals surface area contributed by atoms with Crippen LogP contribution in [0, 0.1) is 5.82 Å². The molecule has 4 heteroatoms. The van der Waals surface area contributed by atoms with Crippen molar-refractivity contribution in [1.29, 1.82) is 0 Å². The lowest BCUT2D eigenvalue weighted by molar-refractivity contribution is 0.0976. The first-order valence-corrected chi connectivity index (χ1v) is 6.65. The van der Waals surface area contributed by atoms with Crippen molar-refractivity contribution in [3.05, 3.63) is 28.5 Å². The molecule has 0 atom stereocenters. The Labute approximate surface area is 112 Å². The maximum Gasteiger partial charge on any atom is 0.166 e. The van der Waals surface area contributed by atoms with Gasteiger partial charge in [0.1, 0.15) is 11.6 Å². The van der Waals surface area contributed by atoms with Crippen molar-refractivity contribution in [2.24, 2.45) is 0 Å². The number of unbranched alkanes of at least 4 members (excludes halogenated alkanes) is 4. The summed E-state index contributed by atoms with van der Waals surface area (Å²) in [5.74, 6) is -1.19. The largest absolute Gasteiger partial charge is 0.506 e. The van der Waals surface area contributed by atoms with Gasteiger partial charge in [-0.1, -0.05) is 44.2 Å². The summed E-state index contributed by atoms with van der Waals surface area (Å²) in [5.41, 5.74) is -0.0181. The number of ketones is 1. The normalized spacial score (nSPS) is 10.6. The van der Waals surface area contributed by atoms with Gasteiger partial charge in [-0.3, -0.25) is 4.79 Å². The van der Waals surface area contributed by atoms with Gasteiger partial charge in [0, 0.05) is 6.42 Å². The highest BCUT2D eigenvalue weighted by molar-refractivity contribution is 6.32. The first kappa shape index (κ1) is 15.0. The Bertz CT molecular complexity index is 419. The lowest BCUT2D eigenvalue weighted by atomic mass is 10.0. The third-order valence-electron chi connectivity index (χ3n) is 2.84. The number of Topliss-reactive ketones (excluding diaryl/α,β-unsaturated/α-hetero) is 1. The average Bonchev–Trinajstić information content (AvgIpc) is 2.33. The number of carbonyl (C=O) groups excluding carboxylic acids is 1. The fourth-order valence-electron chi connectivity index (χ4n) is 1.80. The van der Waals surface area contributed by atoms with Crippen LogP contribution in [-0.2, 0) is 0 Å². The third-order valence-corrected chi connectivity index (χ3v) is 3.12. The van der Waals surface area contributed by atoms with Gasteiger partial charge < -0.3 is 5.11 Å². The first-order chi connectivity index (χ1) is 8.56. The van der Waals surface area contributed by atoms with E-state index in [0.717, 1.165) is 44.2 Å². The van der Waals surface area contributed by atoms with Gasteiger partial charge in [0.15, 0.2) is 5.78 Å². The molecule has 18 heavy (non-hydrogen) atoms. The van der Waals surface area contributed by atoms with Crippen LogP contribution in [0.1, 0.15) is 55.8 Å². The summed E-state index contributed by atoms with van der Waals surface area (Å²) in [4.78, 5) is 11.8. The van der Waals surface area contributed by atoms with Crippen LogP contribution in [0.5, 0.6) is 5.75 Å². The predicted octanol–water partition coefficient (Wildman–Crippen LogP) is 4.73. The van der Waals surface area contributed by atoms with Crippen LogP contribution in [0.25, 0.3) is 0 Å². The van der Waals surface area contributed by atoms with Gasteiger partial charge in [-0.05, 0) is 18.6 Å². The molecule has 0 heterocycles. The molecule has 0 amide bonds. The maximum absolute atomic E-state index is 13.1. The van der Waals surface area contributed by atoms with E-state index in [1.807, 2.05) is 0 Å². The molecular formula is C14H18ClFO2. The Morgan fingerprint density at radius 2 is 1.94 bits per heavy atom. The van der Waals surface area contributed by atoms with Crippen LogP contribution in [0.4, 0.5) is 4.39 Å². The lowest BCUT2D eigenvalue weighted by Crippen LogP contribution is -2.00. The highest BCUT2D eigenvalue weighted by Crippen LogP contribution is 2.29. The number of phenolic OH excluding ortho intramolecular Hbond substituents is 1. The smallest absolute Gasteiger partial charge is 0.166 e. The number of rotatable bonds is 7. The molecule has 0 unspecified atom stereocenters. The zero-order valence-corrected chi connectivity index (χ0v) is 11.3. The molecule has 0 aliphatic heterocycles. The predicted molar refractivity (Wildman–Crippen MR) is 70.8 cm³/mol. The summed E-state index contributed by atoms with van der Waals surface area (Å²) in [7, 11) is 0. The maximum atomic E-state index is 13.1. The lowest BCUT2D eigenvalue weighted by Gasteiger charge is -2.06. The molecule has 0 radical (unpaired) electrons. The van der Waals surface area contributed by atoms with Gasteiger partial charge in [0.05, 0.1) is 10.6 Å². The molecule has 1 aromatic rings. The van der Waals surface area contributed by atoms with E-state index in [4.69, 9.17) is 11.6 Å². The SMILES string of the molecule is CCCCCCCC(=O)c1cc(F)cc(Cl)c1O. The summed E-state index contributed by atoms with van der Waals surface area (Å²) in [6.07, 6.45) is 5.45. The van der Waals surface area contributed by atoms with Gasteiger partial charge in [-0.2, -0.15) is 0 Å². The summed E-state index contributed by atoms with van der Waals surface area (Å²) in [5, 5.41) is 9.49. The standard InChI is InChI=1S/C14H18ClFO2/c1-2-3-4-5-6-7-13(17)11-8-10(16)9-12(15)14(11)18/h8-9,18H,2-7H2,1H3. The van der Waals surface area contributed by atoms with Crippen LogP contribution < -0.4 is 0 Å². The quantitative estimate of drug-likeness (QED) is 0.576. The molecule has 0 aromatic heterocycles. The van der Waals surface area contributed by atoms with E-state index in [1.165, 1.54) is 0 Å². The van der Waals surface area contributed by atoms with E-state index < -0.39 is 5.82 Å². The van der Waals surface area contributed by atoms with Crippen molar-refractivity contribution >= 4 is 17.4 Å². The monoisotopic (exact) mass is 272 g/mol. The molecule has 0 bridgehead atoms. The number of carbonyl (C=O) groups is 1. The summed E-state index contributed by atoms with van der Waals surface area (Å²) in [6, 6.07) is 2.03. The van der Waals surface area contributed by atoms with Crippen molar-refractivity contribution in [3.8, 4) is 5.75 Å². The number of phenols is 1. The zero-order chi connectivity index (χ0) is 13.5. The topological polar surface area (TPSA) is 37.3 Å². The van der Waals surface area contributed by atoms with Crippen molar-refractivity contribution in [1.82, 2.24) is 0 Å². The van der Waals surface area contributed by atoms with Crippen LogP contribution >= 0.6 is 11.6 Å². The Balaban J connectivity index is 2.56. The second kappa shape index (κ2) is 7.37. The van der Waals surface area contributed by atoms with Gasteiger partial charge in [0.2, 0.25) is 0 Å². The van der Waals surface area contributed by atoms with E-state index in [-0.39, 0.29) is 22.1 Å². The number of halogens is 2. The number of benzene rings is 1. The minimum absolute atomic E-state index is 0.0181. The minimum Gasteiger partial charge on any atom is -0.506 e. The Morgan fingerprint density at radius 3 is 2.61 bits per heavy atom. The van der Waals surface area contributed by atoms with Gasteiger partial charge in [-0.25, -0.2) is 4.39 Å². The molecule has 100 valence electrons.